The molecule has 1 heterocycles. The summed E-state index contributed by atoms with van der Waals surface area (Å²) in [5.74, 6) is -1.93. The first-order valence-corrected chi connectivity index (χ1v) is 6.86. The molecular formula is C13H12F2N2S2. The van der Waals surface area contributed by atoms with Gasteiger partial charge in [0.2, 0.25) is 0 Å². The molecular weight excluding hydrogens is 286 g/mol. The molecule has 0 aliphatic rings. The second-order valence-corrected chi connectivity index (χ2v) is 5.33. The number of rotatable bonds is 4. The smallest absolute Gasteiger partial charge is 0.182 e. The molecule has 0 unspecified atom stereocenters. The molecule has 100 valence electrons. The molecule has 0 radical (unpaired) electrons. The lowest BCUT2D eigenvalue weighted by Crippen LogP contribution is -2.20. The second-order valence-electron chi connectivity index (χ2n) is 4.11. The minimum Gasteiger partial charge on any atom is -0.389 e. The van der Waals surface area contributed by atoms with Crippen LogP contribution in [0.2, 0.25) is 0 Å². The average molecular weight is 298 g/mol. The maximum atomic E-state index is 14.0. The summed E-state index contributed by atoms with van der Waals surface area (Å²) in [7, 11) is 1.70. The van der Waals surface area contributed by atoms with Crippen LogP contribution in [0.25, 0.3) is 0 Å². The number of hydrogen-bond acceptors (Lipinski definition) is 3. The van der Waals surface area contributed by atoms with Crippen LogP contribution in [0.15, 0.2) is 29.0 Å². The van der Waals surface area contributed by atoms with Crippen LogP contribution >= 0.6 is 23.6 Å². The average Bonchev–Trinajstić information content (AvgIpc) is 2.84. The summed E-state index contributed by atoms with van der Waals surface area (Å²) in [6, 6.07) is 4.83. The summed E-state index contributed by atoms with van der Waals surface area (Å²) in [5, 5.41) is 3.91. The first kappa shape index (κ1) is 13.9. The van der Waals surface area contributed by atoms with Gasteiger partial charge < -0.3 is 10.6 Å². The monoisotopic (exact) mass is 298 g/mol. The minimum absolute atomic E-state index is 0.0693. The Labute approximate surface area is 119 Å². The van der Waals surface area contributed by atoms with Crippen LogP contribution in [0.4, 0.5) is 14.5 Å². The second kappa shape index (κ2) is 5.63. The summed E-state index contributed by atoms with van der Waals surface area (Å²) < 4.78 is 27.8. The highest BCUT2D eigenvalue weighted by Crippen LogP contribution is 2.25. The topological polar surface area (TPSA) is 29.3 Å². The Kier molecular flexibility index (Phi) is 4.11. The van der Waals surface area contributed by atoms with E-state index in [1.807, 2.05) is 16.8 Å². The third-order valence-electron chi connectivity index (χ3n) is 2.74. The zero-order valence-electron chi connectivity index (χ0n) is 10.2. The SMILES string of the molecule is CN(Cc1ccsc1)c1ccc(C(N)=S)c(F)c1F. The van der Waals surface area contributed by atoms with E-state index in [-0.39, 0.29) is 16.2 Å². The molecule has 0 atom stereocenters. The predicted octanol–water partition coefficient (Wildman–Crippen LogP) is 3.30. The summed E-state index contributed by atoms with van der Waals surface area (Å²) in [4.78, 5) is 1.49. The van der Waals surface area contributed by atoms with Crippen LogP contribution in [0.5, 0.6) is 0 Å². The molecule has 1 aromatic heterocycles. The Morgan fingerprint density at radius 2 is 2.05 bits per heavy atom. The van der Waals surface area contributed by atoms with Gasteiger partial charge in [0.25, 0.3) is 0 Å². The van der Waals surface area contributed by atoms with Crippen molar-refractivity contribution in [3.05, 3.63) is 51.7 Å². The van der Waals surface area contributed by atoms with Gasteiger partial charge in [-0.2, -0.15) is 11.3 Å². The van der Waals surface area contributed by atoms with Gasteiger partial charge in [-0.3, -0.25) is 0 Å². The van der Waals surface area contributed by atoms with Crippen molar-refractivity contribution in [1.82, 2.24) is 0 Å². The molecule has 2 nitrogen and oxygen atoms in total. The zero-order chi connectivity index (χ0) is 14.0. The third kappa shape index (κ3) is 2.90. The molecule has 6 heteroatoms. The standard InChI is InChI=1S/C13H12F2N2S2/c1-17(6-8-4-5-19-7-8)10-3-2-9(13(16)18)11(14)12(10)15/h2-5,7H,6H2,1H3,(H2,16,18). The van der Waals surface area contributed by atoms with E-state index < -0.39 is 11.6 Å². The fraction of sp³-hybridized carbons (Fsp3) is 0.154. The number of thiophene rings is 1. The number of nitrogens with zero attached hydrogens (tertiary/aromatic N) is 1. The molecule has 1 aromatic carbocycles. The Morgan fingerprint density at radius 1 is 1.32 bits per heavy atom. The molecule has 2 aromatic rings. The first-order chi connectivity index (χ1) is 9.00. The number of benzene rings is 1. The van der Waals surface area contributed by atoms with Gasteiger partial charge in [0.15, 0.2) is 11.6 Å². The number of halogens is 2. The van der Waals surface area contributed by atoms with E-state index in [0.717, 1.165) is 5.56 Å². The van der Waals surface area contributed by atoms with Gasteiger partial charge in [-0.15, -0.1) is 0 Å². The van der Waals surface area contributed by atoms with Crippen molar-refractivity contribution in [2.45, 2.75) is 6.54 Å². The Balaban J connectivity index is 2.30. The van der Waals surface area contributed by atoms with Gasteiger partial charge in [-0.25, -0.2) is 8.78 Å². The van der Waals surface area contributed by atoms with E-state index in [9.17, 15) is 8.78 Å². The molecule has 0 spiro atoms. The molecule has 2 N–H and O–H groups in total. The maximum Gasteiger partial charge on any atom is 0.182 e. The highest BCUT2D eigenvalue weighted by molar-refractivity contribution is 7.80. The van der Waals surface area contributed by atoms with Crippen LogP contribution in [0, 0.1) is 11.6 Å². The van der Waals surface area contributed by atoms with Gasteiger partial charge >= 0.3 is 0 Å². The van der Waals surface area contributed by atoms with E-state index in [1.165, 1.54) is 12.1 Å². The van der Waals surface area contributed by atoms with Gasteiger partial charge in [-0.1, -0.05) is 12.2 Å². The van der Waals surface area contributed by atoms with Gasteiger partial charge in [0.1, 0.15) is 4.99 Å². The van der Waals surface area contributed by atoms with Crippen molar-refractivity contribution < 1.29 is 8.78 Å². The van der Waals surface area contributed by atoms with Crippen LogP contribution < -0.4 is 10.6 Å². The van der Waals surface area contributed by atoms with Crippen LogP contribution in [-0.4, -0.2) is 12.0 Å². The lowest BCUT2D eigenvalue weighted by Gasteiger charge is -2.20. The molecule has 0 saturated carbocycles. The van der Waals surface area contributed by atoms with E-state index in [1.54, 1.807) is 23.3 Å². The summed E-state index contributed by atoms with van der Waals surface area (Å²) in [6.45, 7) is 0.506. The van der Waals surface area contributed by atoms with E-state index in [0.29, 0.717) is 6.54 Å². The van der Waals surface area contributed by atoms with Crippen molar-refractivity contribution in [2.24, 2.45) is 5.73 Å². The Hall–Kier alpha value is -1.53. The molecule has 0 amide bonds. The fourth-order valence-corrected chi connectivity index (χ4v) is 2.58. The normalized spacial score (nSPS) is 10.5. The van der Waals surface area contributed by atoms with E-state index >= 15 is 0 Å². The number of anilines is 1. The Bertz CT molecular complexity index is 597. The summed E-state index contributed by atoms with van der Waals surface area (Å²) >= 11 is 6.23. The van der Waals surface area contributed by atoms with Crippen molar-refractivity contribution in [1.29, 1.82) is 0 Å². The quantitative estimate of drug-likeness (QED) is 0.878. The van der Waals surface area contributed by atoms with E-state index in [2.05, 4.69) is 12.2 Å². The first-order valence-electron chi connectivity index (χ1n) is 5.50. The highest BCUT2D eigenvalue weighted by Gasteiger charge is 2.17. The summed E-state index contributed by atoms with van der Waals surface area (Å²) in [5.41, 5.74) is 6.49. The molecule has 2 rings (SSSR count). The number of thiocarbonyl (C=S) groups is 1. The molecule has 0 bridgehead atoms. The fourth-order valence-electron chi connectivity index (χ4n) is 1.77. The highest BCUT2D eigenvalue weighted by atomic mass is 32.1. The maximum absolute atomic E-state index is 14.0. The number of hydrogen-bond donors (Lipinski definition) is 1. The molecule has 0 aliphatic carbocycles. The van der Waals surface area contributed by atoms with Gasteiger partial charge in [0, 0.05) is 19.2 Å². The van der Waals surface area contributed by atoms with Crippen molar-refractivity contribution in [3.63, 3.8) is 0 Å². The number of nitrogens with two attached hydrogens (primary N) is 1. The lowest BCUT2D eigenvalue weighted by atomic mass is 10.1. The van der Waals surface area contributed by atoms with Crippen molar-refractivity contribution in [2.75, 3.05) is 11.9 Å². The van der Waals surface area contributed by atoms with Crippen molar-refractivity contribution in [3.8, 4) is 0 Å². The molecule has 0 fully saturated rings. The third-order valence-corrected chi connectivity index (χ3v) is 3.69. The summed E-state index contributed by atoms with van der Waals surface area (Å²) in [6.07, 6.45) is 0. The predicted molar refractivity (Wildman–Crippen MR) is 78.7 cm³/mol. The van der Waals surface area contributed by atoms with Crippen LogP contribution in [0.1, 0.15) is 11.1 Å². The van der Waals surface area contributed by atoms with E-state index in [4.69, 9.17) is 5.73 Å². The lowest BCUT2D eigenvalue weighted by molar-refractivity contribution is 0.506. The molecule has 19 heavy (non-hydrogen) atoms. The van der Waals surface area contributed by atoms with Crippen molar-refractivity contribution >= 4 is 34.2 Å². The largest absolute Gasteiger partial charge is 0.389 e. The van der Waals surface area contributed by atoms with Gasteiger partial charge in [0.05, 0.1) is 5.69 Å². The van der Waals surface area contributed by atoms with Crippen LogP contribution in [0.3, 0.4) is 0 Å². The van der Waals surface area contributed by atoms with Crippen LogP contribution in [-0.2, 0) is 6.54 Å². The Morgan fingerprint density at radius 3 is 2.63 bits per heavy atom. The van der Waals surface area contributed by atoms with Gasteiger partial charge in [-0.05, 0) is 34.5 Å². The minimum atomic E-state index is -0.998. The zero-order valence-corrected chi connectivity index (χ0v) is 11.8. The molecule has 0 saturated heterocycles. The molecule has 0 aliphatic heterocycles.